The van der Waals surface area contributed by atoms with Gasteiger partial charge in [0.05, 0.1) is 12.7 Å². The van der Waals surface area contributed by atoms with Crippen LogP contribution in [0, 0.1) is 0 Å². The van der Waals surface area contributed by atoms with Gasteiger partial charge in [0.1, 0.15) is 0 Å². The SMILES string of the molecule is CNC(CCN(C)CCOC(C)C)c1ccccc1Br. The number of rotatable bonds is 9. The first kappa shape index (κ1) is 17.6. The number of likely N-dealkylation sites (N-methyl/N-ethyl adjacent to an activating group) is 1. The summed E-state index contributed by atoms with van der Waals surface area (Å²) in [5.74, 6) is 0. The van der Waals surface area contributed by atoms with Crippen molar-refractivity contribution in [3.8, 4) is 0 Å². The molecule has 1 aromatic carbocycles. The van der Waals surface area contributed by atoms with Gasteiger partial charge in [-0.2, -0.15) is 0 Å². The third-order valence-electron chi connectivity index (χ3n) is 3.35. The number of nitrogens with one attached hydrogen (secondary N) is 1. The number of benzene rings is 1. The van der Waals surface area contributed by atoms with Crippen LogP contribution in [0.3, 0.4) is 0 Å². The molecule has 20 heavy (non-hydrogen) atoms. The Labute approximate surface area is 131 Å². The van der Waals surface area contributed by atoms with Crippen LogP contribution in [0.5, 0.6) is 0 Å². The fourth-order valence-corrected chi connectivity index (χ4v) is 2.68. The van der Waals surface area contributed by atoms with E-state index in [1.165, 1.54) is 10.0 Å². The highest BCUT2D eigenvalue weighted by Crippen LogP contribution is 2.25. The van der Waals surface area contributed by atoms with Crippen LogP contribution in [0.15, 0.2) is 28.7 Å². The van der Waals surface area contributed by atoms with Gasteiger partial charge < -0.3 is 15.0 Å². The summed E-state index contributed by atoms with van der Waals surface area (Å²) in [6, 6.07) is 8.78. The van der Waals surface area contributed by atoms with Crippen molar-refractivity contribution < 1.29 is 4.74 Å². The predicted molar refractivity (Wildman–Crippen MR) is 89.1 cm³/mol. The van der Waals surface area contributed by atoms with Crippen LogP contribution in [0.2, 0.25) is 0 Å². The van der Waals surface area contributed by atoms with E-state index >= 15 is 0 Å². The van der Waals surface area contributed by atoms with Crippen LogP contribution in [0.1, 0.15) is 31.9 Å². The largest absolute Gasteiger partial charge is 0.377 e. The third-order valence-corrected chi connectivity index (χ3v) is 4.07. The second-order valence-corrected chi connectivity index (χ2v) is 6.23. The fourth-order valence-electron chi connectivity index (χ4n) is 2.12. The van der Waals surface area contributed by atoms with Crippen molar-refractivity contribution >= 4 is 15.9 Å². The van der Waals surface area contributed by atoms with E-state index in [-0.39, 0.29) is 0 Å². The third kappa shape index (κ3) is 6.35. The molecule has 0 spiro atoms. The summed E-state index contributed by atoms with van der Waals surface area (Å²) in [7, 11) is 4.17. The minimum absolute atomic E-state index is 0.314. The fraction of sp³-hybridized carbons (Fsp3) is 0.625. The van der Waals surface area contributed by atoms with Crippen molar-refractivity contribution in [3.63, 3.8) is 0 Å². The second-order valence-electron chi connectivity index (χ2n) is 5.37. The molecule has 0 amide bonds. The van der Waals surface area contributed by atoms with Crippen molar-refractivity contribution in [3.05, 3.63) is 34.3 Å². The quantitative estimate of drug-likeness (QED) is 0.743. The normalized spacial score (nSPS) is 13.2. The van der Waals surface area contributed by atoms with Gasteiger partial charge in [0, 0.05) is 17.1 Å². The van der Waals surface area contributed by atoms with Crippen molar-refractivity contribution in [1.82, 2.24) is 10.2 Å². The molecule has 0 aliphatic heterocycles. The number of hydrogen-bond acceptors (Lipinski definition) is 3. The first-order valence-corrected chi connectivity index (χ1v) is 8.05. The molecule has 114 valence electrons. The average molecular weight is 343 g/mol. The molecular formula is C16H27BrN2O. The van der Waals surface area contributed by atoms with Crippen LogP contribution in [-0.2, 0) is 4.74 Å². The second kappa shape index (κ2) is 9.50. The molecule has 1 rings (SSSR count). The van der Waals surface area contributed by atoms with Crippen molar-refractivity contribution in [2.45, 2.75) is 32.4 Å². The molecule has 1 aromatic rings. The number of hydrogen-bond donors (Lipinski definition) is 1. The predicted octanol–water partition coefficient (Wildman–Crippen LogP) is 3.46. The Morgan fingerprint density at radius 1 is 1.25 bits per heavy atom. The van der Waals surface area contributed by atoms with Gasteiger partial charge in [0.2, 0.25) is 0 Å². The topological polar surface area (TPSA) is 24.5 Å². The van der Waals surface area contributed by atoms with E-state index < -0.39 is 0 Å². The summed E-state index contributed by atoms with van der Waals surface area (Å²) in [5.41, 5.74) is 1.32. The minimum atomic E-state index is 0.314. The summed E-state index contributed by atoms with van der Waals surface area (Å²) >= 11 is 3.63. The van der Waals surface area contributed by atoms with Crippen LogP contribution >= 0.6 is 15.9 Å². The molecule has 0 saturated carbocycles. The summed E-state index contributed by atoms with van der Waals surface area (Å²) < 4.78 is 6.76. The molecule has 0 aromatic heterocycles. The zero-order chi connectivity index (χ0) is 15.0. The maximum absolute atomic E-state index is 5.58. The van der Waals surface area contributed by atoms with Gasteiger partial charge in [-0.3, -0.25) is 0 Å². The highest BCUT2D eigenvalue weighted by molar-refractivity contribution is 9.10. The Morgan fingerprint density at radius 2 is 1.95 bits per heavy atom. The summed E-state index contributed by atoms with van der Waals surface area (Å²) in [6.45, 7) is 6.97. The smallest absolute Gasteiger partial charge is 0.0596 e. The summed E-state index contributed by atoms with van der Waals surface area (Å²) in [4.78, 5) is 2.32. The molecule has 0 aliphatic carbocycles. The highest BCUT2D eigenvalue weighted by Gasteiger charge is 2.12. The van der Waals surface area contributed by atoms with E-state index in [0.29, 0.717) is 12.1 Å². The Bertz CT molecular complexity index is 384. The van der Waals surface area contributed by atoms with Crippen molar-refractivity contribution in [1.29, 1.82) is 0 Å². The lowest BCUT2D eigenvalue weighted by Gasteiger charge is -2.23. The Hall–Kier alpha value is -0.420. The molecule has 1 atom stereocenters. The molecule has 1 unspecified atom stereocenters. The van der Waals surface area contributed by atoms with Crippen LogP contribution in [-0.4, -0.2) is 44.8 Å². The van der Waals surface area contributed by atoms with Gasteiger partial charge in [0.15, 0.2) is 0 Å². The first-order valence-electron chi connectivity index (χ1n) is 7.26. The van der Waals surface area contributed by atoms with E-state index in [4.69, 9.17) is 4.74 Å². The minimum Gasteiger partial charge on any atom is -0.377 e. The van der Waals surface area contributed by atoms with Crippen LogP contribution in [0.25, 0.3) is 0 Å². The first-order chi connectivity index (χ1) is 9.54. The maximum Gasteiger partial charge on any atom is 0.0596 e. The Kier molecular flexibility index (Phi) is 8.38. The molecule has 0 radical (unpaired) electrons. The molecule has 1 N–H and O–H groups in total. The van der Waals surface area contributed by atoms with E-state index in [0.717, 1.165) is 26.1 Å². The Morgan fingerprint density at radius 3 is 2.55 bits per heavy atom. The van der Waals surface area contributed by atoms with E-state index in [2.05, 4.69) is 71.3 Å². The number of halogens is 1. The lowest BCUT2D eigenvalue weighted by atomic mass is 10.0. The van der Waals surface area contributed by atoms with E-state index in [1.807, 2.05) is 7.05 Å². The van der Waals surface area contributed by atoms with Gasteiger partial charge in [-0.05, 0) is 52.5 Å². The molecular weight excluding hydrogens is 316 g/mol. The number of nitrogens with zero attached hydrogens (tertiary/aromatic N) is 1. The van der Waals surface area contributed by atoms with Gasteiger partial charge >= 0.3 is 0 Å². The maximum atomic E-state index is 5.58. The van der Waals surface area contributed by atoms with Gasteiger partial charge in [-0.25, -0.2) is 0 Å². The summed E-state index contributed by atoms with van der Waals surface area (Å²) in [6.07, 6.45) is 1.39. The standard InChI is InChI=1S/C16H27BrN2O/c1-13(2)20-12-11-19(4)10-9-16(18-3)14-7-5-6-8-15(14)17/h5-8,13,16,18H,9-12H2,1-4H3. The monoisotopic (exact) mass is 342 g/mol. The molecule has 0 aliphatic rings. The summed E-state index contributed by atoms with van der Waals surface area (Å²) in [5, 5.41) is 3.40. The average Bonchev–Trinajstić information content (AvgIpc) is 2.41. The molecule has 0 heterocycles. The molecule has 0 bridgehead atoms. The zero-order valence-electron chi connectivity index (χ0n) is 13.0. The lowest BCUT2D eigenvalue weighted by molar-refractivity contribution is 0.0633. The van der Waals surface area contributed by atoms with Crippen molar-refractivity contribution in [2.24, 2.45) is 0 Å². The highest BCUT2D eigenvalue weighted by atomic mass is 79.9. The van der Waals surface area contributed by atoms with E-state index in [1.54, 1.807) is 0 Å². The van der Waals surface area contributed by atoms with Gasteiger partial charge in [0.25, 0.3) is 0 Å². The molecule has 0 fully saturated rings. The zero-order valence-corrected chi connectivity index (χ0v) is 14.6. The number of ether oxygens (including phenoxy) is 1. The van der Waals surface area contributed by atoms with E-state index in [9.17, 15) is 0 Å². The van der Waals surface area contributed by atoms with Crippen molar-refractivity contribution in [2.75, 3.05) is 33.8 Å². The van der Waals surface area contributed by atoms with Crippen LogP contribution < -0.4 is 5.32 Å². The lowest BCUT2D eigenvalue weighted by Crippen LogP contribution is -2.28. The van der Waals surface area contributed by atoms with Crippen LogP contribution in [0.4, 0.5) is 0 Å². The van der Waals surface area contributed by atoms with Gasteiger partial charge in [-0.15, -0.1) is 0 Å². The molecule has 4 heteroatoms. The molecule has 3 nitrogen and oxygen atoms in total. The Balaban J connectivity index is 2.40. The van der Waals surface area contributed by atoms with Gasteiger partial charge in [-0.1, -0.05) is 34.1 Å². The molecule has 0 saturated heterocycles.